The minimum Gasteiger partial charge on any atom is -0.465 e. The lowest BCUT2D eigenvalue weighted by Crippen LogP contribution is -2.14. The van der Waals surface area contributed by atoms with Gasteiger partial charge in [0.05, 0.1) is 30.8 Å². The zero-order valence-corrected chi connectivity index (χ0v) is 14.6. The topological polar surface area (TPSA) is 93.2 Å². The molecule has 9 heteroatoms. The van der Waals surface area contributed by atoms with Gasteiger partial charge in [0.15, 0.2) is 0 Å². The molecular weight excluding hydrogens is 370 g/mol. The summed E-state index contributed by atoms with van der Waals surface area (Å²) in [6, 6.07) is 9.19. The molecule has 0 saturated heterocycles. The van der Waals surface area contributed by atoms with Crippen LogP contribution in [0.3, 0.4) is 0 Å². The van der Waals surface area contributed by atoms with Crippen LogP contribution in [0.25, 0.3) is 0 Å². The third kappa shape index (κ3) is 4.44. The zero-order valence-electron chi connectivity index (χ0n) is 14.6. The van der Waals surface area contributed by atoms with E-state index in [9.17, 15) is 18.4 Å². The number of aromatic nitrogens is 2. The van der Waals surface area contributed by atoms with Crippen LogP contribution in [-0.4, -0.2) is 29.0 Å². The molecule has 0 aliphatic carbocycles. The lowest BCUT2D eigenvalue weighted by Gasteiger charge is -2.08. The van der Waals surface area contributed by atoms with E-state index in [-0.39, 0.29) is 17.2 Å². The summed E-state index contributed by atoms with van der Waals surface area (Å²) in [6.45, 7) is 0. The van der Waals surface area contributed by atoms with Crippen molar-refractivity contribution in [3.05, 3.63) is 77.8 Å². The fraction of sp³-hybridized carbons (Fsp3) is 0.0526. The van der Waals surface area contributed by atoms with Crippen molar-refractivity contribution in [1.29, 1.82) is 0 Å². The Morgan fingerprint density at radius 3 is 2.36 bits per heavy atom. The molecule has 28 heavy (non-hydrogen) atoms. The van der Waals surface area contributed by atoms with E-state index in [1.807, 2.05) is 0 Å². The molecule has 0 radical (unpaired) electrons. The van der Waals surface area contributed by atoms with Gasteiger partial charge in [-0.15, -0.1) is 0 Å². The van der Waals surface area contributed by atoms with E-state index in [1.165, 1.54) is 37.7 Å². The molecule has 0 fully saturated rings. The highest BCUT2D eigenvalue weighted by Gasteiger charge is 2.11. The molecule has 0 aliphatic heterocycles. The smallest absolute Gasteiger partial charge is 0.337 e. The van der Waals surface area contributed by atoms with Crippen molar-refractivity contribution in [3.8, 4) is 0 Å². The first-order valence-electron chi connectivity index (χ1n) is 8.00. The van der Waals surface area contributed by atoms with Gasteiger partial charge >= 0.3 is 5.97 Å². The Morgan fingerprint density at radius 2 is 1.75 bits per heavy atom. The number of anilines is 3. The molecule has 0 saturated carbocycles. The van der Waals surface area contributed by atoms with Gasteiger partial charge in [-0.2, -0.15) is 0 Å². The maximum Gasteiger partial charge on any atom is 0.337 e. The molecule has 7 nitrogen and oxygen atoms in total. The molecule has 0 aliphatic rings. The second-order valence-electron chi connectivity index (χ2n) is 5.56. The molecule has 2 N–H and O–H groups in total. The standard InChI is InChI=1S/C19H14F2N4O3/c1-28-19(27)11-2-5-13(6-3-11)24-18(26)16-9-23-17(10-22-16)25-15-7-4-12(20)8-14(15)21/h2-10H,1H3,(H,23,25)(H,24,26). The lowest BCUT2D eigenvalue weighted by atomic mass is 10.2. The lowest BCUT2D eigenvalue weighted by molar-refractivity contribution is 0.0600. The fourth-order valence-electron chi connectivity index (χ4n) is 2.24. The Hall–Kier alpha value is -3.88. The predicted molar refractivity (Wildman–Crippen MR) is 97.4 cm³/mol. The van der Waals surface area contributed by atoms with Gasteiger partial charge in [-0.3, -0.25) is 4.79 Å². The van der Waals surface area contributed by atoms with E-state index in [0.29, 0.717) is 11.3 Å². The van der Waals surface area contributed by atoms with Crippen molar-refractivity contribution >= 4 is 29.1 Å². The number of benzene rings is 2. The molecule has 2 aromatic carbocycles. The third-order valence-corrected chi connectivity index (χ3v) is 3.64. The van der Waals surface area contributed by atoms with Crippen molar-refractivity contribution in [3.63, 3.8) is 0 Å². The second-order valence-corrected chi connectivity index (χ2v) is 5.56. The molecular formula is C19H14F2N4O3. The molecule has 142 valence electrons. The minimum atomic E-state index is -0.779. The molecule has 0 bridgehead atoms. The van der Waals surface area contributed by atoms with Crippen LogP contribution in [0.15, 0.2) is 54.9 Å². The van der Waals surface area contributed by atoms with Gasteiger partial charge in [-0.1, -0.05) is 0 Å². The number of esters is 1. The summed E-state index contributed by atoms with van der Waals surface area (Å²) in [4.78, 5) is 31.6. The van der Waals surface area contributed by atoms with Gasteiger partial charge in [-0.05, 0) is 36.4 Å². The first-order valence-corrected chi connectivity index (χ1v) is 8.00. The van der Waals surface area contributed by atoms with E-state index in [4.69, 9.17) is 0 Å². The van der Waals surface area contributed by atoms with Crippen LogP contribution >= 0.6 is 0 Å². The maximum absolute atomic E-state index is 13.6. The number of carbonyl (C=O) groups is 2. The van der Waals surface area contributed by atoms with Crippen molar-refractivity contribution in [2.45, 2.75) is 0 Å². The Morgan fingerprint density at radius 1 is 1.00 bits per heavy atom. The molecule has 3 rings (SSSR count). The van der Waals surface area contributed by atoms with Crippen LogP contribution in [0.5, 0.6) is 0 Å². The van der Waals surface area contributed by atoms with Crippen molar-refractivity contribution in [1.82, 2.24) is 9.97 Å². The number of hydrogen-bond acceptors (Lipinski definition) is 6. The normalized spacial score (nSPS) is 10.2. The summed E-state index contributed by atoms with van der Waals surface area (Å²) in [6.07, 6.45) is 2.46. The number of ether oxygens (including phenoxy) is 1. The number of nitrogens with one attached hydrogen (secondary N) is 2. The summed E-state index contributed by atoms with van der Waals surface area (Å²) in [7, 11) is 1.28. The zero-order chi connectivity index (χ0) is 20.1. The summed E-state index contributed by atoms with van der Waals surface area (Å²) in [5.74, 6) is -2.29. The van der Waals surface area contributed by atoms with Crippen molar-refractivity contribution in [2.24, 2.45) is 0 Å². The van der Waals surface area contributed by atoms with E-state index < -0.39 is 23.5 Å². The van der Waals surface area contributed by atoms with Crippen LogP contribution in [0.1, 0.15) is 20.8 Å². The van der Waals surface area contributed by atoms with E-state index in [2.05, 4.69) is 25.3 Å². The summed E-state index contributed by atoms with van der Waals surface area (Å²) in [5.41, 5.74) is 0.861. The number of carbonyl (C=O) groups excluding carboxylic acids is 2. The Balaban J connectivity index is 1.65. The number of nitrogens with zero attached hydrogens (tertiary/aromatic N) is 2. The Labute approximate surface area is 158 Å². The highest BCUT2D eigenvalue weighted by molar-refractivity contribution is 6.03. The molecule has 0 spiro atoms. The van der Waals surface area contributed by atoms with Crippen molar-refractivity contribution in [2.75, 3.05) is 17.7 Å². The van der Waals surface area contributed by atoms with E-state index in [1.54, 1.807) is 12.1 Å². The summed E-state index contributed by atoms with van der Waals surface area (Å²) in [5, 5.41) is 5.26. The number of rotatable bonds is 5. The maximum atomic E-state index is 13.6. The number of halogens is 2. The highest BCUT2D eigenvalue weighted by Crippen LogP contribution is 2.19. The van der Waals surface area contributed by atoms with Gasteiger partial charge in [0.1, 0.15) is 23.1 Å². The van der Waals surface area contributed by atoms with E-state index >= 15 is 0 Å². The molecule has 3 aromatic rings. The molecule has 0 atom stereocenters. The van der Waals surface area contributed by atoms with Crippen LogP contribution in [0.4, 0.5) is 26.0 Å². The third-order valence-electron chi connectivity index (χ3n) is 3.64. The van der Waals surface area contributed by atoms with Crippen LogP contribution in [0.2, 0.25) is 0 Å². The first kappa shape index (κ1) is 18.9. The molecule has 0 unspecified atom stereocenters. The number of amides is 1. The summed E-state index contributed by atoms with van der Waals surface area (Å²) < 4.78 is 31.2. The van der Waals surface area contributed by atoms with Gasteiger partial charge in [0, 0.05) is 11.8 Å². The quantitative estimate of drug-likeness (QED) is 0.654. The largest absolute Gasteiger partial charge is 0.465 e. The van der Waals surface area contributed by atoms with Crippen LogP contribution in [-0.2, 0) is 4.74 Å². The van der Waals surface area contributed by atoms with Gasteiger partial charge in [0.2, 0.25) is 0 Å². The second kappa shape index (κ2) is 8.21. The molecule has 1 amide bonds. The average molecular weight is 384 g/mol. The van der Waals surface area contributed by atoms with Gasteiger partial charge < -0.3 is 15.4 Å². The van der Waals surface area contributed by atoms with Crippen molar-refractivity contribution < 1.29 is 23.1 Å². The Kier molecular flexibility index (Phi) is 5.54. The van der Waals surface area contributed by atoms with Gasteiger partial charge in [-0.25, -0.2) is 23.5 Å². The highest BCUT2D eigenvalue weighted by atomic mass is 19.1. The number of methoxy groups -OCH3 is 1. The monoisotopic (exact) mass is 384 g/mol. The molecule has 1 heterocycles. The SMILES string of the molecule is COC(=O)c1ccc(NC(=O)c2cnc(Nc3ccc(F)cc3F)cn2)cc1. The predicted octanol–water partition coefficient (Wildman–Crippen LogP) is 3.54. The van der Waals surface area contributed by atoms with Gasteiger partial charge in [0.25, 0.3) is 5.91 Å². The average Bonchev–Trinajstić information content (AvgIpc) is 2.70. The van der Waals surface area contributed by atoms with E-state index in [0.717, 1.165) is 12.1 Å². The van der Waals surface area contributed by atoms with Crippen LogP contribution in [0, 0.1) is 11.6 Å². The first-order chi connectivity index (χ1) is 13.5. The fourth-order valence-corrected chi connectivity index (χ4v) is 2.24. The number of hydrogen-bond donors (Lipinski definition) is 2. The minimum absolute atomic E-state index is 0.0265. The Bertz CT molecular complexity index is 1010. The molecule has 1 aromatic heterocycles. The van der Waals surface area contributed by atoms with Crippen LogP contribution < -0.4 is 10.6 Å². The summed E-state index contributed by atoms with van der Waals surface area (Å²) >= 11 is 0.